The van der Waals surface area contributed by atoms with E-state index < -0.39 is 29.0 Å². The van der Waals surface area contributed by atoms with E-state index in [1.54, 1.807) is 0 Å². The summed E-state index contributed by atoms with van der Waals surface area (Å²) in [5, 5.41) is 18.8. The van der Waals surface area contributed by atoms with Crippen LogP contribution in [0.1, 0.15) is 17.0 Å². The van der Waals surface area contributed by atoms with E-state index in [0.29, 0.717) is 4.57 Å². The van der Waals surface area contributed by atoms with Gasteiger partial charge in [-0.05, 0) is 4.92 Å². The van der Waals surface area contributed by atoms with Crippen molar-refractivity contribution >= 4 is 17.7 Å². The average Bonchev–Trinajstić information content (AvgIpc) is 2.45. The number of nitrogens with zero attached hydrogens (tertiary/aromatic N) is 3. The van der Waals surface area contributed by atoms with Crippen molar-refractivity contribution in [2.24, 2.45) is 0 Å². The van der Waals surface area contributed by atoms with Crippen LogP contribution in [0.5, 0.6) is 0 Å². The molecule has 1 rings (SSSR count). The van der Waals surface area contributed by atoms with Gasteiger partial charge in [0.2, 0.25) is 5.82 Å². The van der Waals surface area contributed by atoms with Gasteiger partial charge < -0.3 is 15.2 Å². The fourth-order valence-electron chi connectivity index (χ4n) is 1.08. The number of carbonyl (C=O) groups excluding carboxylic acids is 1. The highest BCUT2D eigenvalue weighted by molar-refractivity contribution is 5.96. The predicted octanol–water partition coefficient (Wildman–Crippen LogP) is 0.215. The zero-order valence-corrected chi connectivity index (χ0v) is 7.71. The summed E-state index contributed by atoms with van der Waals surface area (Å²) in [6.07, 6.45) is 0.104. The summed E-state index contributed by atoms with van der Waals surface area (Å²) in [5.41, 5.74) is 0. The highest BCUT2D eigenvalue weighted by Crippen LogP contribution is 2.13. The van der Waals surface area contributed by atoms with Gasteiger partial charge in [-0.15, -0.1) is 4.57 Å². The number of aromatic nitrogens is 2. The van der Waals surface area contributed by atoms with E-state index in [1.807, 2.05) is 0 Å². The van der Waals surface area contributed by atoms with Gasteiger partial charge in [-0.1, -0.05) is 0 Å². The van der Waals surface area contributed by atoms with E-state index >= 15 is 0 Å². The quantitative estimate of drug-likeness (QED) is 0.436. The number of nitro groups is 1. The number of carboxylic acid groups (broad SMARTS) is 1. The van der Waals surface area contributed by atoms with Crippen LogP contribution in [-0.4, -0.2) is 31.5 Å². The van der Waals surface area contributed by atoms with Gasteiger partial charge in [0.15, 0.2) is 0 Å². The highest BCUT2D eigenvalue weighted by atomic mass is 16.6. The van der Waals surface area contributed by atoms with Crippen molar-refractivity contribution in [3.8, 4) is 0 Å². The van der Waals surface area contributed by atoms with Crippen molar-refractivity contribution < 1.29 is 19.6 Å². The molecule has 0 aliphatic rings. The second-order valence-electron chi connectivity index (χ2n) is 2.72. The number of imidazole rings is 1. The van der Waals surface area contributed by atoms with Crippen molar-refractivity contribution in [1.29, 1.82) is 0 Å². The molecule has 0 aromatic carbocycles. The van der Waals surface area contributed by atoms with Gasteiger partial charge in [0, 0.05) is 6.92 Å². The molecule has 0 unspecified atom stereocenters. The summed E-state index contributed by atoms with van der Waals surface area (Å²) in [4.78, 5) is 34.8. The molecule has 1 heterocycles. The molecule has 0 saturated carbocycles. The third-order valence-corrected chi connectivity index (χ3v) is 1.66. The third kappa shape index (κ3) is 2.16. The Morgan fingerprint density at radius 3 is 2.73 bits per heavy atom. The lowest BCUT2D eigenvalue weighted by Gasteiger charge is -1.98. The summed E-state index contributed by atoms with van der Waals surface area (Å²) in [6, 6.07) is 0. The smallest absolute Gasteiger partial charge is 0.350 e. The monoisotopic (exact) mass is 213 g/mol. The van der Waals surface area contributed by atoms with Gasteiger partial charge in [-0.25, -0.2) is 9.78 Å². The molecule has 1 aromatic heterocycles. The van der Waals surface area contributed by atoms with Crippen LogP contribution >= 0.6 is 0 Å². The predicted molar refractivity (Wildman–Crippen MR) is 46.5 cm³/mol. The number of aliphatic carboxylic acids is 1. The standard InChI is InChI=1S/C7H7N3O5/c1-4-8-3-5(10(14)15)9(4)6(11)2-7(12)13/h3H,2H2,1H3,(H,12,13). The summed E-state index contributed by atoms with van der Waals surface area (Å²) in [7, 11) is 0. The van der Waals surface area contributed by atoms with Gasteiger partial charge in [0.25, 0.3) is 0 Å². The zero-order valence-electron chi connectivity index (χ0n) is 7.71. The number of hydrogen-bond acceptors (Lipinski definition) is 5. The van der Waals surface area contributed by atoms with Gasteiger partial charge in [-0.2, -0.15) is 0 Å². The van der Waals surface area contributed by atoms with Gasteiger partial charge >= 0.3 is 17.7 Å². The molecule has 0 spiro atoms. The second-order valence-corrected chi connectivity index (χ2v) is 2.72. The fraction of sp³-hybridized carbons (Fsp3) is 0.286. The molecule has 15 heavy (non-hydrogen) atoms. The molecule has 0 fully saturated rings. The minimum absolute atomic E-state index is 0.0907. The van der Waals surface area contributed by atoms with Crippen molar-refractivity contribution in [3.63, 3.8) is 0 Å². The minimum Gasteiger partial charge on any atom is -0.481 e. The Labute approximate surface area is 83.3 Å². The van der Waals surface area contributed by atoms with Gasteiger partial charge in [0.1, 0.15) is 12.6 Å². The van der Waals surface area contributed by atoms with E-state index in [2.05, 4.69) is 4.98 Å². The van der Waals surface area contributed by atoms with E-state index in [0.717, 1.165) is 6.20 Å². The molecule has 1 N–H and O–H groups in total. The summed E-state index contributed by atoms with van der Waals surface area (Å²) in [6.45, 7) is 1.38. The lowest BCUT2D eigenvalue weighted by atomic mass is 10.4. The SMILES string of the molecule is Cc1ncc([N+](=O)[O-])n1C(=O)CC(=O)O. The van der Waals surface area contributed by atoms with Crippen LogP contribution in [0.4, 0.5) is 5.82 Å². The Morgan fingerprint density at radius 2 is 2.27 bits per heavy atom. The van der Waals surface area contributed by atoms with Gasteiger partial charge in [0.05, 0.1) is 0 Å². The molecule has 8 heteroatoms. The van der Waals surface area contributed by atoms with Crippen LogP contribution in [0.3, 0.4) is 0 Å². The molecular weight excluding hydrogens is 206 g/mol. The Bertz CT molecular complexity index is 436. The molecule has 0 amide bonds. The topological polar surface area (TPSA) is 115 Å². The Balaban J connectivity index is 3.12. The molecule has 0 aliphatic heterocycles. The molecule has 1 aromatic rings. The number of hydrogen-bond donors (Lipinski definition) is 1. The molecule has 0 atom stereocenters. The van der Waals surface area contributed by atoms with Crippen LogP contribution in [-0.2, 0) is 4.79 Å². The van der Waals surface area contributed by atoms with Crippen molar-refractivity contribution in [2.75, 3.05) is 0 Å². The lowest BCUT2D eigenvalue weighted by molar-refractivity contribution is -0.390. The minimum atomic E-state index is -1.35. The number of carboxylic acids is 1. The van der Waals surface area contributed by atoms with E-state index in [1.165, 1.54) is 6.92 Å². The van der Waals surface area contributed by atoms with Crippen molar-refractivity contribution in [1.82, 2.24) is 9.55 Å². The maximum absolute atomic E-state index is 11.3. The van der Waals surface area contributed by atoms with Crippen molar-refractivity contribution in [3.05, 3.63) is 22.1 Å². The first-order valence-corrected chi connectivity index (χ1v) is 3.87. The maximum atomic E-state index is 11.3. The number of aryl methyl sites for hydroxylation is 1. The fourth-order valence-corrected chi connectivity index (χ4v) is 1.08. The number of carbonyl (C=O) groups is 2. The summed E-state index contributed by atoms with van der Waals surface area (Å²) in [5.74, 6) is -2.67. The summed E-state index contributed by atoms with van der Waals surface area (Å²) >= 11 is 0. The third-order valence-electron chi connectivity index (χ3n) is 1.66. The zero-order chi connectivity index (χ0) is 11.6. The maximum Gasteiger partial charge on any atom is 0.350 e. The van der Waals surface area contributed by atoms with Crippen LogP contribution in [0.25, 0.3) is 0 Å². The molecule has 8 nitrogen and oxygen atoms in total. The van der Waals surface area contributed by atoms with E-state index in [4.69, 9.17) is 5.11 Å². The highest BCUT2D eigenvalue weighted by Gasteiger charge is 2.25. The Hall–Kier alpha value is -2.25. The summed E-state index contributed by atoms with van der Waals surface area (Å²) < 4.78 is 0.675. The Kier molecular flexibility index (Phi) is 2.79. The molecular formula is C7H7N3O5. The second kappa shape index (κ2) is 3.86. The molecule has 0 radical (unpaired) electrons. The average molecular weight is 213 g/mol. The van der Waals surface area contributed by atoms with Crippen LogP contribution in [0.2, 0.25) is 0 Å². The molecule has 0 saturated heterocycles. The van der Waals surface area contributed by atoms with Crippen LogP contribution < -0.4 is 0 Å². The molecule has 0 aliphatic carbocycles. The van der Waals surface area contributed by atoms with Crippen LogP contribution in [0, 0.1) is 17.0 Å². The normalized spacial score (nSPS) is 9.93. The first-order valence-electron chi connectivity index (χ1n) is 3.87. The largest absolute Gasteiger partial charge is 0.481 e. The number of rotatable bonds is 3. The lowest BCUT2D eigenvalue weighted by Crippen LogP contribution is -2.18. The van der Waals surface area contributed by atoms with Crippen molar-refractivity contribution in [2.45, 2.75) is 13.3 Å². The Morgan fingerprint density at radius 1 is 1.67 bits per heavy atom. The molecule has 0 bridgehead atoms. The van der Waals surface area contributed by atoms with Gasteiger partial charge in [-0.3, -0.25) is 4.79 Å². The van der Waals surface area contributed by atoms with Crippen LogP contribution in [0.15, 0.2) is 6.20 Å². The van der Waals surface area contributed by atoms with E-state index in [-0.39, 0.29) is 5.82 Å². The first-order chi connectivity index (χ1) is 6.93. The van der Waals surface area contributed by atoms with E-state index in [9.17, 15) is 19.7 Å². The first kappa shape index (κ1) is 10.8. The molecule has 80 valence electrons.